The highest BCUT2D eigenvalue weighted by Crippen LogP contribution is 2.33. The Bertz CT molecular complexity index is 385. The number of nitrogens with one attached hydrogen (secondary N) is 2. The van der Waals surface area contributed by atoms with Crippen molar-refractivity contribution in [3.05, 3.63) is 0 Å². The Hall–Kier alpha value is 0.270. The van der Waals surface area contributed by atoms with Crippen LogP contribution >= 0.6 is 35.7 Å². The van der Waals surface area contributed by atoms with Gasteiger partial charge in [-0.05, 0) is 25.5 Å². The van der Waals surface area contributed by atoms with E-state index in [1.807, 2.05) is 7.05 Å². The predicted octanol–water partition coefficient (Wildman–Crippen LogP) is 2.95. The summed E-state index contributed by atoms with van der Waals surface area (Å²) in [4.78, 5) is 7.08. The number of guanidine groups is 1. The van der Waals surface area contributed by atoms with Crippen LogP contribution in [-0.4, -0.2) is 73.8 Å². The van der Waals surface area contributed by atoms with Crippen LogP contribution in [0.4, 0.5) is 0 Å². The van der Waals surface area contributed by atoms with Gasteiger partial charge in [0.2, 0.25) is 0 Å². The molecule has 2 atom stereocenters. The molecule has 2 unspecified atom stereocenters. The monoisotopic (exact) mass is 484 g/mol. The Morgan fingerprint density at radius 1 is 1.32 bits per heavy atom. The molecule has 0 aromatic carbocycles. The zero-order chi connectivity index (χ0) is 17.3. The van der Waals surface area contributed by atoms with E-state index in [0.717, 1.165) is 38.8 Å². The van der Waals surface area contributed by atoms with Gasteiger partial charge in [0.25, 0.3) is 0 Å². The molecule has 0 radical (unpaired) electrons. The zero-order valence-corrected chi connectivity index (χ0v) is 19.3. The highest BCUT2D eigenvalue weighted by atomic mass is 127. The van der Waals surface area contributed by atoms with Gasteiger partial charge in [-0.1, -0.05) is 26.2 Å². The van der Waals surface area contributed by atoms with Gasteiger partial charge in [-0.2, -0.15) is 11.8 Å². The van der Waals surface area contributed by atoms with E-state index in [4.69, 9.17) is 4.74 Å². The summed E-state index contributed by atoms with van der Waals surface area (Å²) in [5.41, 5.74) is 0.261. The number of halogens is 1. The highest BCUT2D eigenvalue weighted by molar-refractivity contribution is 14.0. The van der Waals surface area contributed by atoms with Crippen LogP contribution < -0.4 is 10.6 Å². The summed E-state index contributed by atoms with van der Waals surface area (Å²) in [6, 6.07) is 0.472. The molecule has 2 aliphatic heterocycles. The summed E-state index contributed by atoms with van der Waals surface area (Å²) in [6.07, 6.45) is 6.34. The SMILES string of the molecule is CCCCCC(C)NC(=NC)NCC1(N2CCOCC2)CCSC1.I. The number of rotatable bonds is 8. The van der Waals surface area contributed by atoms with Crippen LogP contribution in [0.5, 0.6) is 0 Å². The van der Waals surface area contributed by atoms with E-state index in [-0.39, 0.29) is 29.5 Å². The molecular weight excluding hydrogens is 447 g/mol. The number of aliphatic imine (C=N–C) groups is 1. The van der Waals surface area contributed by atoms with Gasteiger partial charge in [-0.25, -0.2) is 0 Å². The van der Waals surface area contributed by atoms with Crippen molar-refractivity contribution in [3.63, 3.8) is 0 Å². The lowest BCUT2D eigenvalue weighted by molar-refractivity contribution is -0.0120. The fourth-order valence-corrected chi connectivity index (χ4v) is 5.06. The Balaban J connectivity index is 0.00000312. The second kappa shape index (κ2) is 12.6. The third-order valence-electron chi connectivity index (χ3n) is 5.20. The van der Waals surface area contributed by atoms with Crippen LogP contribution in [0.25, 0.3) is 0 Å². The summed E-state index contributed by atoms with van der Waals surface area (Å²) in [5, 5.41) is 7.17. The highest BCUT2D eigenvalue weighted by Gasteiger charge is 2.40. The van der Waals surface area contributed by atoms with Gasteiger partial charge in [0, 0.05) is 44.0 Å². The number of thioether (sulfide) groups is 1. The van der Waals surface area contributed by atoms with Gasteiger partial charge < -0.3 is 15.4 Å². The zero-order valence-electron chi connectivity index (χ0n) is 16.2. The number of morpholine rings is 1. The molecule has 0 aliphatic carbocycles. The average Bonchev–Trinajstić information content (AvgIpc) is 3.10. The molecule has 5 nitrogen and oxygen atoms in total. The van der Waals surface area contributed by atoms with E-state index in [2.05, 4.69) is 46.1 Å². The first-order valence-corrected chi connectivity index (χ1v) is 10.7. The van der Waals surface area contributed by atoms with Gasteiger partial charge >= 0.3 is 0 Å². The molecule has 2 fully saturated rings. The van der Waals surface area contributed by atoms with Crippen molar-refractivity contribution >= 4 is 41.7 Å². The van der Waals surface area contributed by atoms with E-state index in [1.165, 1.54) is 43.6 Å². The minimum absolute atomic E-state index is 0. The minimum atomic E-state index is 0. The van der Waals surface area contributed by atoms with E-state index in [1.54, 1.807) is 0 Å². The van der Waals surface area contributed by atoms with E-state index in [0.29, 0.717) is 6.04 Å². The first-order valence-electron chi connectivity index (χ1n) is 9.58. The number of nitrogens with zero attached hydrogens (tertiary/aromatic N) is 2. The second-order valence-corrected chi connectivity index (χ2v) is 8.20. The molecule has 148 valence electrons. The maximum atomic E-state index is 5.55. The van der Waals surface area contributed by atoms with Crippen molar-refractivity contribution in [1.29, 1.82) is 0 Å². The van der Waals surface area contributed by atoms with Crippen molar-refractivity contribution < 1.29 is 4.74 Å². The van der Waals surface area contributed by atoms with Crippen molar-refractivity contribution in [2.75, 3.05) is 51.4 Å². The molecule has 7 heteroatoms. The van der Waals surface area contributed by atoms with E-state index >= 15 is 0 Å². The fourth-order valence-electron chi connectivity index (χ4n) is 3.58. The number of hydrogen-bond acceptors (Lipinski definition) is 4. The van der Waals surface area contributed by atoms with Crippen molar-refractivity contribution in [1.82, 2.24) is 15.5 Å². The smallest absolute Gasteiger partial charge is 0.191 e. The first-order chi connectivity index (χ1) is 11.7. The largest absolute Gasteiger partial charge is 0.379 e. The van der Waals surface area contributed by atoms with E-state index < -0.39 is 0 Å². The fraction of sp³-hybridized carbons (Fsp3) is 0.944. The van der Waals surface area contributed by atoms with Crippen LogP contribution in [-0.2, 0) is 4.74 Å². The van der Waals surface area contributed by atoms with Gasteiger partial charge in [0.1, 0.15) is 0 Å². The molecule has 25 heavy (non-hydrogen) atoms. The number of unbranched alkanes of at least 4 members (excludes halogenated alkanes) is 2. The van der Waals surface area contributed by atoms with Crippen molar-refractivity contribution in [3.8, 4) is 0 Å². The lowest BCUT2D eigenvalue weighted by Crippen LogP contribution is -2.60. The molecule has 0 amide bonds. The molecule has 2 rings (SSSR count). The Morgan fingerprint density at radius 3 is 2.68 bits per heavy atom. The molecule has 2 saturated heterocycles. The third kappa shape index (κ3) is 7.42. The van der Waals surface area contributed by atoms with Crippen LogP contribution in [0, 0.1) is 0 Å². The average molecular weight is 484 g/mol. The maximum absolute atomic E-state index is 5.55. The van der Waals surface area contributed by atoms with Crippen LogP contribution in [0.2, 0.25) is 0 Å². The molecule has 2 heterocycles. The molecule has 2 aliphatic rings. The summed E-state index contributed by atoms with van der Waals surface area (Å²) in [7, 11) is 1.87. The number of ether oxygens (including phenoxy) is 1. The molecule has 0 bridgehead atoms. The topological polar surface area (TPSA) is 48.9 Å². The molecular formula is C18H37IN4OS. The van der Waals surface area contributed by atoms with Crippen LogP contribution in [0.1, 0.15) is 46.0 Å². The summed E-state index contributed by atoms with van der Waals surface area (Å²) in [6.45, 7) is 9.33. The summed E-state index contributed by atoms with van der Waals surface area (Å²) < 4.78 is 5.55. The normalized spacial score (nSPS) is 26.1. The Labute approximate surface area is 175 Å². The Kier molecular flexibility index (Phi) is 11.8. The van der Waals surface area contributed by atoms with Crippen molar-refractivity contribution in [2.45, 2.75) is 57.5 Å². The Morgan fingerprint density at radius 2 is 2.08 bits per heavy atom. The summed E-state index contributed by atoms with van der Waals surface area (Å²) >= 11 is 2.08. The first kappa shape index (κ1) is 23.3. The molecule has 0 saturated carbocycles. The van der Waals surface area contributed by atoms with Gasteiger partial charge in [0.05, 0.1) is 13.2 Å². The lowest BCUT2D eigenvalue weighted by Gasteiger charge is -2.43. The standard InChI is InChI=1S/C18H36N4OS.HI/c1-4-5-6-7-16(2)21-17(19-3)20-14-18(8-13-24-15-18)22-9-11-23-12-10-22;/h16H,4-15H2,1-3H3,(H2,19,20,21);1H. The minimum Gasteiger partial charge on any atom is -0.379 e. The number of hydrogen-bond donors (Lipinski definition) is 2. The van der Waals surface area contributed by atoms with Crippen LogP contribution in [0.15, 0.2) is 4.99 Å². The molecule has 0 aromatic heterocycles. The van der Waals surface area contributed by atoms with E-state index in [9.17, 15) is 0 Å². The third-order valence-corrected chi connectivity index (χ3v) is 6.43. The van der Waals surface area contributed by atoms with Crippen molar-refractivity contribution in [2.24, 2.45) is 4.99 Å². The van der Waals surface area contributed by atoms with Crippen LogP contribution in [0.3, 0.4) is 0 Å². The van der Waals surface area contributed by atoms with Gasteiger partial charge in [-0.3, -0.25) is 9.89 Å². The van der Waals surface area contributed by atoms with Gasteiger partial charge in [0.15, 0.2) is 5.96 Å². The molecule has 0 spiro atoms. The lowest BCUT2D eigenvalue weighted by atomic mass is 9.95. The van der Waals surface area contributed by atoms with Gasteiger partial charge in [-0.15, -0.1) is 24.0 Å². The second-order valence-electron chi connectivity index (χ2n) is 7.09. The predicted molar refractivity (Wildman–Crippen MR) is 121 cm³/mol. The quantitative estimate of drug-likeness (QED) is 0.240. The molecule has 2 N–H and O–H groups in total. The molecule has 0 aromatic rings. The maximum Gasteiger partial charge on any atom is 0.191 e. The summed E-state index contributed by atoms with van der Waals surface area (Å²) in [5.74, 6) is 3.42.